The SMILES string of the molecule is CCOC(=O)c1cccc(Sc2c(C)n(CC(=O)OC(C)(C)C)c3c(F)c(Cl)ccc23)c1F. The van der Waals surface area contributed by atoms with Crippen LogP contribution in [0.25, 0.3) is 10.9 Å². The van der Waals surface area contributed by atoms with E-state index in [9.17, 15) is 9.59 Å². The Morgan fingerprint density at radius 1 is 1.12 bits per heavy atom. The van der Waals surface area contributed by atoms with Gasteiger partial charge in [-0.25, -0.2) is 13.6 Å². The molecule has 1 heterocycles. The van der Waals surface area contributed by atoms with Gasteiger partial charge in [-0.3, -0.25) is 4.79 Å². The fourth-order valence-electron chi connectivity index (χ4n) is 3.37. The Morgan fingerprint density at radius 2 is 1.82 bits per heavy atom. The highest BCUT2D eigenvalue weighted by atomic mass is 35.5. The third-order valence-electron chi connectivity index (χ3n) is 4.69. The fraction of sp³-hybridized carbons (Fsp3) is 0.333. The van der Waals surface area contributed by atoms with Crippen LogP contribution in [0.5, 0.6) is 0 Å². The molecule has 0 bridgehead atoms. The number of carbonyl (C=O) groups excluding carboxylic acids is 2. The summed E-state index contributed by atoms with van der Waals surface area (Å²) in [4.78, 5) is 25.3. The van der Waals surface area contributed by atoms with Gasteiger partial charge in [0.25, 0.3) is 0 Å². The van der Waals surface area contributed by atoms with E-state index in [0.29, 0.717) is 16.0 Å². The van der Waals surface area contributed by atoms with Crippen molar-refractivity contribution in [1.82, 2.24) is 4.57 Å². The maximum Gasteiger partial charge on any atom is 0.341 e. The number of benzene rings is 2. The zero-order valence-corrected chi connectivity index (χ0v) is 20.5. The summed E-state index contributed by atoms with van der Waals surface area (Å²) < 4.78 is 42.0. The molecule has 0 spiro atoms. The number of halogens is 3. The van der Waals surface area contributed by atoms with E-state index < -0.39 is 29.2 Å². The molecule has 0 saturated carbocycles. The molecule has 33 heavy (non-hydrogen) atoms. The third kappa shape index (κ3) is 5.33. The lowest BCUT2D eigenvalue weighted by Gasteiger charge is -2.20. The van der Waals surface area contributed by atoms with Gasteiger partial charge in [-0.1, -0.05) is 29.4 Å². The molecule has 0 N–H and O–H groups in total. The molecule has 0 atom stereocenters. The van der Waals surface area contributed by atoms with Gasteiger partial charge in [0, 0.05) is 20.9 Å². The van der Waals surface area contributed by atoms with E-state index in [1.807, 2.05) is 0 Å². The largest absolute Gasteiger partial charge is 0.462 e. The average molecular weight is 496 g/mol. The number of hydrogen-bond donors (Lipinski definition) is 0. The molecule has 3 aromatic rings. The Hall–Kier alpha value is -2.58. The van der Waals surface area contributed by atoms with Crippen LogP contribution in [0.4, 0.5) is 8.78 Å². The molecule has 0 amide bonds. The quantitative estimate of drug-likeness (QED) is 0.363. The first-order valence-corrected chi connectivity index (χ1v) is 11.5. The standard InChI is InChI=1S/C24H24ClF2NO4S/c1-6-31-23(30)14-8-7-9-17(19(14)26)33-22-13(2)28(12-18(29)32-24(3,4)5)21-15(22)10-11-16(25)20(21)27/h7-11H,6,12H2,1-5H3. The van der Waals surface area contributed by atoms with Crippen LogP contribution >= 0.6 is 23.4 Å². The maximum absolute atomic E-state index is 15.1. The highest BCUT2D eigenvalue weighted by Gasteiger charge is 2.25. The van der Waals surface area contributed by atoms with E-state index in [1.165, 1.54) is 22.8 Å². The van der Waals surface area contributed by atoms with Crippen molar-refractivity contribution >= 4 is 46.2 Å². The van der Waals surface area contributed by atoms with Crippen molar-refractivity contribution < 1.29 is 27.8 Å². The smallest absolute Gasteiger partial charge is 0.341 e. The highest BCUT2D eigenvalue weighted by Crippen LogP contribution is 2.41. The molecule has 0 aliphatic carbocycles. The number of ether oxygens (including phenoxy) is 2. The molecular weight excluding hydrogens is 472 g/mol. The zero-order valence-electron chi connectivity index (χ0n) is 18.9. The maximum atomic E-state index is 15.1. The van der Waals surface area contributed by atoms with E-state index >= 15 is 8.78 Å². The van der Waals surface area contributed by atoms with Gasteiger partial charge in [-0.15, -0.1) is 0 Å². The first-order chi connectivity index (χ1) is 15.4. The van der Waals surface area contributed by atoms with Crippen molar-refractivity contribution in [1.29, 1.82) is 0 Å². The van der Waals surface area contributed by atoms with E-state index in [1.54, 1.807) is 46.8 Å². The van der Waals surface area contributed by atoms with Crippen LogP contribution in [0.15, 0.2) is 40.1 Å². The van der Waals surface area contributed by atoms with Crippen molar-refractivity contribution in [3.63, 3.8) is 0 Å². The lowest BCUT2D eigenvalue weighted by molar-refractivity contribution is -0.155. The number of rotatable bonds is 6. The predicted molar refractivity (Wildman–Crippen MR) is 124 cm³/mol. The van der Waals surface area contributed by atoms with Gasteiger partial charge in [-0.05, 0) is 58.9 Å². The van der Waals surface area contributed by atoms with Crippen LogP contribution in [0.1, 0.15) is 43.7 Å². The summed E-state index contributed by atoms with van der Waals surface area (Å²) >= 11 is 7.04. The molecule has 0 fully saturated rings. The van der Waals surface area contributed by atoms with Gasteiger partial charge >= 0.3 is 11.9 Å². The third-order valence-corrected chi connectivity index (χ3v) is 6.24. The van der Waals surface area contributed by atoms with Crippen LogP contribution in [-0.4, -0.2) is 28.7 Å². The Bertz CT molecular complexity index is 1230. The average Bonchev–Trinajstić information content (AvgIpc) is 2.97. The molecule has 0 saturated heterocycles. The summed E-state index contributed by atoms with van der Waals surface area (Å²) in [6.07, 6.45) is 0. The normalized spacial score (nSPS) is 11.6. The van der Waals surface area contributed by atoms with Gasteiger partial charge in [0.2, 0.25) is 0 Å². The highest BCUT2D eigenvalue weighted by molar-refractivity contribution is 7.99. The summed E-state index contributed by atoms with van der Waals surface area (Å²) in [5, 5.41) is 0.362. The summed E-state index contributed by atoms with van der Waals surface area (Å²) in [5.74, 6) is -2.73. The Kier molecular flexibility index (Phi) is 7.39. The van der Waals surface area contributed by atoms with Gasteiger partial charge in [-0.2, -0.15) is 0 Å². The zero-order chi connectivity index (χ0) is 24.5. The number of aromatic nitrogens is 1. The summed E-state index contributed by atoms with van der Waals surface area (Å²) in [6, 6.07) is 7.44. The lowest BCUT2D eigenvalue weighted by atomic mass is 10.2. The topological polar surface area (TPSA) is 57.5 Å². The van der Waals surface area contributed by atoms with Crippen molar-refractivity contribution in [3.8, 4) is 0 Å². The minimum Gasteiger partial charge on any atom is -0.462 e. The van der Waals surface area contributed by atoms with Crippen molar-refractivity contribution in [2.75, 3.05) is 6.61 Å². The molecule has 0 unspecified atom stereocenters. The number of hydrogen-bond acceptors (Lipinski definition) is 5. The van der Waals surface area contributed by atoms with Crippen molar-refractivity contribution in [2.24, 2.45) is 0 Å². The second-order valence-corrected chi connectivity index (χ2v) is 9.74. The first-order valence-electron chi connectivity index (χ1n) is 10.3. The molecule has 0 radical (unpaired) electrons. The second-order valence-electron chi connectivity index (χ2n) is 8.28. The summed E-state index contributed by atoms with van der Waals surface area (Å²) in [6.45, 7) is 8.43. The minimum absolute atomic E-state index is 0.0996. The Morgan fingerprint density at radius 3 is 2.45 bits per heavy atom. The molecule has 9 heteroatoms. The van der Waals surface area contributed by atoms with Crippen molar-refractivity contribution in [3.05, 3.63) is 58.2 Å². The van der Waals surface area contributed by atoms with Gasteiger partial charge in [0.15, 0.2) is 11.6 Å². The van der Waals surface area contributed by atoms with Gasteiger partial charge in [0.1, 0.15) is 12.1 Å². The Labute approximate surface area is 200 Å². The number of esters is 2. The Balaban J connectivity index is 2.11. The predicted octanol–water partition coefficient (Wildman–Crippen LogP) is 6.55. The first kappa shape index (κ1) is 25.1. The second kappa shape index (κ2) is 9.73. The van der Waals surface area contributed by atoms with Gasteiger partial charge in [0.05, 0.1) is 22.7 Å². The monoisotopic (exact) mass is 495 g/mol. The number of nitrogens with zero attached hydrogens (tertiary/aromatic N) is 1. The van der Waals surface area contributed by atoms with E-state index in [2.05, 4.69) is 0 Å². The molecule has 2 aromatic carbocycles. The fourth-order valence-corrected chi connectivity index (χ4v) is 4.62. The van der Waals surface area contributed by atoms with Crippen LogP contribution in [0.3, 0.4) is 0 Å². The molecular formula is C24H24ClF2NO4S. The molecule has 3 rings (SSSR count). The van der Waals surface area contributed by atoms with E-state index in [-0.39, 0.29) is 34.1 Å². The summed E-state index contributed by atoms with van der Waals surface area (Å²) in [5.41, 5.74) is -0.247. The molecule has 0 aliphatic rings. The molecule has 176 valence electrons. The molecule has 0 aliphatic heterocycles. The molecule has 1 aromatic heterocycles. The lowest BCUT2D eigenvalue weighted by Crippen LogP contribution is -2.26. The van der Waals surface area contributed by atoms with Crippen LogP contribution in [0.2, 0.25) is 5.02 Å². The minimum atomic E-state index is -0.764. The van der Waals surface area contributed by atoms with Gasteiger partial charge < -0.3 is 14.0 Å². The molecule has 5 nitrogen and oxygen atoms in total. The van der Waals surface area contributed by atoms with E-state index in [4.69, 9.17) is 21.1 Å². The van der Waals surface area contributed by atoms with Crippen LogP contribution < -0.4 is 0 Å². The number of carbonyl (C=O) groups is 2. The van der Waals surface area contributed by atoms with Crippen LogP contribution in [-0.2, 0) is 20.8 Å². The summed E-state index contributed by atoms with van der Waals surface area (Å²) in [7, 11) is 0. The van der Waals surface area contributed by atoms with Crippen LogP contribution in [0, 0.1) is 18.6 Å². The number of fused-ring (bicyclic) bond motifs is 1. The van der Waals surface area contributed by atoms with E-state index in [0.717, 1.165) is 11.8 Å². The van der Waals surface area contributed by atoms with Crippen molar-refractivity contribution in [2.45, 2.75) is 56.6 Å².